The van der Waals surface area contributed by atoms with Gasteiger partial charge >= 0.3 is 0 Å². The Morgan fingerprint density at radius 1 is 0.935 bits per heavy atom. The third-order valence-electron chi connectivity index (χ3n) is 5.95. The van der Waals surface area contributed by atoms with Gasteiger partial charge in [-0.2, -0.15) is 0 Å². The first kappa shape index (κ1) is 20.9. The monoisotopic (exact) mass is 415 g/mol. The van der Waals surface area contributed by atoms with Gasteiger partial charge in [-0.15, -0.1) is 0 Å². The topological polar surface area (TPSA) is 61.4 Å². The molecule has 0 spiro atoms. The first-order valence-electron chi connectivity index (χ1n) is 11.0. The zero-order valence-electron chi connectivity index (χ0n) is 18.2. The van der Waals surface area contributed by atoms with E-state index >= 15 is 0 Å². The van der Waals surface area contributed by atoms with Crippen LogP contribution in [0.1, 0.15) is 53.8 Å². The standard InChI is InChI=1S/C26H29N3O2/c1-3-18(2)27-26(31)23-17-22(12-13-24(23)29-14-6-7-15-29)28-25(30)21-11-10-19-8-4-5-9-20(19)16-21/h4-5,8-13,16-18H,3,6-7,14-15H2,1-2H3,(H,27,31)(H,28,30)/t18-/m1/s1. The Hall–Kier alpha value is -3.34. The second-order valence-corrected chi connectivity index (χ2v) is 8.22. The molecule has 0 unspecified atom stereocenters. The van der Waals surface area contributed by atoms with Crippen LogP contribution >= 0.6 is 0 Å². The summed E-state index contributed by atoms with van der Waals surface area (Å²) in [4.78, 5) is 28.1. The van der Waals surface area contributed by atoms with E-state index in [9.17, 15) is 9.59 Å². The SMILES string of the molecule is CC[C@@H](C)NC(=O)c1cc(NC(=O)c2ccc3ccccc3c2)ccc1N1CCCC1. The molecule has 31 heavy (non-hydrogen) atoms. The summed E-state index contributed by atoms with van der Waals surface area (Å²) in [5.41, 5.74) is 2.75. The molecule has 0 saturated carbocycles. The number of amides is 2. The van der Waals surface area contributed by atoms with E-state index in [1.807, 2.05) is 68.4 Å². The molecule has 0 bridgehead atoms. The highest BCUT2D eigenvalue weighted by molar-refractivity contribution is 6.08. The predicted octanol–water partition coefficient (Wildman–Crippen LogP) is 5.22. The van der Waals surface area contributed by atoms with Crippen LogP contribution in [0.15, 0.2) is 60.7 Å². The lowest BCUT2D eigenvalue weighted by molar-refractivity contribution is 0.0938. The molecule has 5 nitrogen and oxygen atoms in total. The number of nitrogens with zero attached hydrogens (tertiary/aromatic N) is 1. The van der Waals surface area contributed by atoms with Crippen LogP contribution in [0.3, 0.4) is 0 Å². The Bertz CT molecular complexity index is 1100. The second kappa shape index (κ2) is 9.21. The number of carbonyl (C=O) groups is 2. The highest BCUT2D eigenvalue weighted by atomic mass is 16.2. The number of carbonyl (C=O) groups excluding carboxylic acids is 2. The number of rotatable bonds is 6. The molecule has 0 aromatic heterocycles. The van der Waals surface area contributed by atoms with Gasteiger partial charge in [-0.1, -0.05) is 37.3 Å². The molecule has 1 aliphatic rings. The summed E-state index contributed by atoms with van der Waals surface area (Å²) in [6.45, 7) is 5.95. The maximum Gasteiger partial charge on any atom is 0.255 e. The molecule has 3 aromatic rings. The second-order valence-electron chi connectivity index (χ2n) is 8.22. The summed E-state index contributed by atoms with van der Waals surface area (Å²) < 4.78 is 0. The number of fused-ring (bicyclic) bond motifs is 1. The third kappa shape index (κ3) is 4.71. The van der Waals surface area contributed by atoms with Crippen molar-refractivity contribution in [1.82, 2.24) is 5.32 Å². The Morgan fingerprint density at radius 2 is 1.68 bits per heavy atom. The molecular formula is C26H29N3O2. The fourth-order valence-corrected chi connectivity index (χ4v) is 3.97. The van der Waals surface area contributed by atoms with Crippen molar-refractivity contribution in [2.24, 2.45) is 0 Å². The van der Waals surface area contributed by atoms with Gasteiger partial charge in [0.1, 0.15) is 0 Å². The van der Waals surface area contributed by atoms with Gasteiger partial charge in [0, 0.05) is 36.1 Å². The summed E-state index contributed by atoms with van der Waals surface area (Å²) in [5.74, 6) is -0.286. The maximum atomic E-state index is 13.0. The molecule has 1 aliphatic heterocycles. The number of hydrogen-bond donors (Lipinski definition) is 2. The van der Waals surface area contributed by atoms with Crippen LogP contribution in [-0.2, 0) is 0 Å². The lowest BCUT2D eigenvalue weighted by atomic mass is 10.1. The molecule has 1 heterocycles. The summed E-state index contributed by atoms with van der Waals surface area (Å²) in [6, 6.07) is 19.3. The molecular weight excluding hydrogens is 386 g/mol. The van der Waals surface area contributed by atoms with Crippen molar-refractivity contribution in [1.29, 1.82) is 0 Å². The van der Waals surface area contributed by atoms with E-state index in [4.69, 9.17) is 0 Å². The fourth-order valence-electron chi connectivity index (χ4n) is 3.97. The van der Waals surface area contributed by atoms with E-state index in [0.717, 1.165) is 48.8 Å². The average Bonchev–Trinajstić information content (AvgIpc) is 3.33. The maximum absolute atomic E-state index is 13.0. The molecule has 1 atom stereocenters. The van der Waals surface area contributed by atoms with Crippen molar-refractivity contribution < 1.29 is 9.59 Å². The normalized spacial score (nSPS) is 14.5. The first-order valence-corrected chi connectivity index (χ1v) is 11.0. The van der Waals surface area contributed by atoms with Crippen LogP contribution < -0.4 is 15.5 Å². The third-order valence-corrected chi connectivity index (χ3v) is 5.95. The van der Waals surface area contributed by atoms with Crippen molar-refractivity contribution in [2.75, 3.05) is 23.3 Å². The van der Waals surface area contributed by atoms with Gasteiger partial charge in [0.05, 0.1) is 5.56 Å². The fraction of sp³-hybridized carbons (Fsp3) is 0.308. The lowest BCUT2D eigenvalue weighted by Crippen LogP contribution is -2.33. The van der Waals surface area contributed by atoms with Gasteiger partial charge < -0.3 is 15.5 Å². The van der Waals surface area contributed by atoms with Gasteiger partial charge in [0.15, 0.2) is 0 Å². The Kier molecular flexibility index (Phi) is 6.21. The van der Waals surface area contributed by atoms with Crippen molar-refractivity contribution in [3.8, 4) is 0 Å². The largest absolute Gasteiger partial charge is 0.371 e. The first-order chi connectivity index (χ1) is 15.0. The molecule has 1 fully saturated rings. The van der Waals surface area contributed by atoms with Crippen LogP contribution in [0.5, 0.6) is 0 Å². The summed E-state index contributed by atoms with van der Waals surface area (Å²) in [5, 5.41) is 8.15. The predicted molar refractivity (Wildman–Crippen MR) is 127 cm³/mol. The van der Waals surface area contributed by atoms with E-state index in [1.165, 1.54) is 0 Å². The van der Waals surface area contributed by atoms with Gasteiger partial charge in [-0.05, 0) is 67.3 Å². The van der Waals surface area contributed by atoms with Gasteiger partial charge in [0.25, 0.3) is 11.8 Å². The highest BCUT2D eigenvalue weighted by Crippen LogP contribution is 2.28. The molecule has 2 amide bonds. The molecule has 4 rings (SSSR count). The van der Waals surface area contributed by atoms with E-state index in [0.29, 0.717) is 16.8 Å². The van der Waals surface area contributed by atoms with Crippen LogP contribution in [-0.4, -0.2) is 30.9 Å². The van der Waals surface area contributed by atoms with Crippen LogP contribution in [0.4, 0.5) is 11.4 Å². The Labute approximate surface area is 183 Å². The number of nitrogens with one attached hydrogen (secondary N) is 2. The minimum absolute atomic E-state index is 0.0924. The number of hydrogen-bond acceptors (Lipinski definition) is 3. The molecule has 1 saturated heterocycles. The van der Waals surface area contributed by atoms with Gasteiger partial charge in [0.2, 0.25) is 0 Å². The molecule has 0 aliphatic carbocycles. The van der Waals surface area contributed by atoms with E-state index in [2.05, 4.69) is 15.5 Å². The van der Waals surface area contributed by atoms with Gasteiger partial charge in [-0.25, -0.2) is 0 Å². The molecule has 5 heteroatoms. The number of anilines is 2. The van der Waals surface area contributed by atoms with E-state index < -0.39 is 0 Å². The molecule has 160 valence electrons. The quantitative estimate of drug-likeness (QED) is 0.580. The van der Waals surface area contributed by atoms with E-state index in [1.54, 1.807) is 6.07 Å². The van der Waals surface area contributed by atoms with Crippen LogP contribution in [0.25, 0.3) is 10.8 Å². The average molecular weight is 416 g/mol. The van der Waals surface area contributed by atoms with Crippen molar-refractivity contribution in [2.45, 2.75) is 39.2 Å². The Balaban J connectivity index is 1.60. The zero-order chi connectivity index (χ0) is 21.8. The Morgan fingerprint density at radius 3 is 2.42 bits per heavy atom. The smallest absolute Gasteiger partial charge is 0.255 e. The zero-order valence-corrected chi connectivity index (χ0v) is 18.2. The van der Waals surface area contributed by atoms with Crippen LogP contribution in [0, 0.1) is 0 Å². The molecule has 2 N–H and O–H groups in total. The molecule has 3 aromatic carbocycles. The molecule has 0 radical (unpaired) electrons. The van der Waals surface area contributed by atoms with Gasteiger partial charge in [-0.3, -0.25) is 9.59 Å². The number of benzene rings is 3. The minimum atomic E-state index is -0.187. The van der Waals surface area contributed by atoms with Crippen molar-refractivity contribution in [3.05, 3.63) is 71.8 Å². The van der Waals surface area contributed by atoms with Crippen molar-refractivity contribution in [3.63, 3.8) is 0 Å². The van der Waals surface area contributed by atoms with Crippen molar-refractivity contribution >= 4 is 34.0 Å². The lowest BCUT2D eigenvalue weighted by Gasteiger charge is -2.23. The summed E-state index contributed by atoms with van der Waals surface area (Å²) in [7, 11) is 0. The summed E-state index contributed by atoms with van der Waals surface area (Å²) in [6.07, 6.45) is 3.13. The van der Waals surface area contributed by atoms with Crippen LogP contribution in [0.2, 0.25) is 0 Å². The minimum Gasteiger partial charge on any atom is -0.371 e. The highest BCUT2D eigenvalue weighted by Gasteiger charge is 2.21. The summed E-state index contributed by atoms with van der Waals surface area (Å²) >= 11 is 0. The van der Waals surface area contributed by atoms with E-state index in [-0.39, 0.29) is 17.9 Å².